The summed E-state index contributed by atoms with van der Waals surface area (Å²) < 4.78 is 11.5. The molecule has 0 atom stereocenters. The van der Waals surface area contributed by atoms with E-state index < -0.39 is 0 Å². The number of ether oxygens (including phenoxy) is 2. The zero-order chi connectivity index (χ0) is 39.6. The number of unbranched alkanes of at least 4 members (excludes halogenated alkanes) is 24. The highest BCUT2D eigenvalue weighted by Crippen LogP contribution is 2.19. The van der Waals surface area contributed by atoms with Crippen LogP contribution < -0.4 is 0 Å². The van der Waals surface area contributed by atoms with Gasteiger partial charge in [0.15, 0.2) is 5.78 Å². The number of Topliss-reactive ketones (excluding diaryl/α,β-unsaturated/α-hetero) is 1. The molecule has 0 unspecified atom stereocenters. The first-order valence-electron chi connectivity index (χ1n) is 23.7. The Bertz CT molecular complexity index is 804. The van der Waals surface area contributed by atoms with Gasteiger partial charge in [0.05, 0.1) is 6.61 Å². The zero-order valence-electron chi connectivity index (χ0n) is 36.3. The number of carbonyl (C=O) groups is 3. The Labute approximate surface area is 335 Å². The molecule has 54 heavy (non-hydrogen) atoms. The van der Waals surface area contributed by atoms with E-state index in [1.165, 1.54) is 109 Å². The van der Waals surface area contributed by atoms with Gasteiger partial charge < -0.3 is 19.5 Å². The van der Waals surface area contributed by atoms with Crippen molar-refractivity contribution in [3.63, 3.8) is 0 Å². The van der Waals surface area contributed by atoms with E-state index >= 15 is 0 Å². The maximum atomic E-state index is 12.8. The Balaban J connectivity index is 4.24. The molecule has 0 saturated carbocycles. The van der Waals surface area contributed by atoms with Crippen LogP contribution in [0, 0.1) is 0 Å². The highest BCUT2D eigenvalue weighted by molar-refractivity contribution is 5.79. The number of aliphatic hydroxyl groups is 1. The Morgan fingerprint density at radius 3 is 1.31 bits per heavy atom. The minimum absolute atomic E-state index is 0.000645. The fourth-order valence-corrected chi connectivity index (χ4v) is 7.31. The third kappa shape index (κ3) is 38.8. The first-order chi connectivity index (χ1) is 26.5. The first kappa shape index (κ1) is 52.5. The lowest BCUT2D eigenvalue weighted by Gasteiger charge is -2.22. The Hall–Kier alpha value is -1.47. The van der Waals surface area contributed by atoms with Gasteiger partial charge in [0, 0.05) is 19.3 Å². The van der Waals surface area contributed by atoms with E-state index in [4.69, 9.17) is 14.6 Å². The second-order valence-electron chi connectivity index (χ2n) is 16.2. The minimum atomic E-state index is -0.362. The van der Waals surface area contributed by atoms with Gasteiger partial charge in [-0.2, -0.15) is 0 Å². The summed E-state index contributed by atoms with van der Waals surface area (Å²) in [6, 6.07) is 0. The number of ketones is 1. The summed E-state index contributed by atoms with van der Waals surface area (Å²) in [6.45, 7) is 9.90. The van der Waals surface area contributed by atoms with Crippen molar-refractivity contribution < 1.29 is 29.0 Å². The number of aliphatic hydroxyl groups excluding tert-OH is 1. The summed E-state index contributed by atoms with van der Waals surface area (Å²) in [5.74, 6) is -0.124. The Morgan fingerprint density at radius 1 is 0.444 bits per heavy atom. The van der Waals surface area contributed by atoms with Crippen LogP contribution >= 0.6 is 0 Å². The van der Waals surface area contributed by atoms with E-state index in [-0.39, 0.29) is 30.4 Å². The van der Waals surface area contributed by atoms with Gasteiger partial charge in [0.2, 0.25) is 0 Å². The highest BCUT2D eigenvalue weighted by atomic mass is 16.5. The predicted molar refractivity (Wildman–Crippen MR) is 228 cm³/mol. The van der Waals surface area contributed by atoms with Crippen LogP contribution in [0.2, 0.25) is 0 Å². The molecule has 0 saturated heterocycles. The maximum absolute atomic E-state index is 12.8. The molecule has 0 radical (unpaired) electrons. The molecule has 320 valence electrons. The topological polar surface area (TPSA) is 93.1 Å². The third-order valence-electron chi connectivity index (χ3n) is 10.9. The second kappa shape index (κ2) is 42.7. The van der Waals surface area contributed by atoms with E-state index in [1.54, 1.807) is 0 Å². The molecule has 1 N–H and O–H groups in total. The lowest BCUT2D eigenvalue weighted by molar-refractivity contribution is -0.150. The van der Waals surface area contributed by atoms with Crippen LogP contribution in [0.1, 0.15) is 245 Å². The monoisotopic (exact) mass is 766 g/mol. The number of hydrogen-bond donors (Lipinski definition) is 1. The normalized spacial score (nSPS) is 11.5. The third-order valence-corrected chi connectivity index (χ3v) is 10.9. The maximum Gasteiger partial charge on any atom is 0.306 e. The summed E-state index contributed by atoms with van der Waals surface area (Å²) in [6.07, 6.45) is 39.0. The van der Waals surface area contributed by atoms with Gasteiger partial charge >= 0.3 is 11.9 Å². The first-order valence-corrected chi connectivity index (χ1v) is 23.7. The minimum Gasteiger partial charge on any atom is -0.466 e. The van der Waals surface area contributed by atoms with E-state index in [0.717, 1.165) is 116 Å². The summed E-state index contributed by atoms with van der Waals surface area (Å²) in [5.41, 5.74) is 0. The second-order valence-corrected chi connectivity index (χ2v) is 16.2. The van der Waals surface area contributed by atoms with Crippen molar-refractivity contribution in [1.29, 1.82) is 0 Å². The average molecular weight is 766 g/mol. The quantitative estimate of drug-likeness (QED) is 0.0487. The summed E-state index contributed by atoms with van der Waals surface area (Å²) in [7, 11) is 0. The van der Waals surface area contributed by atoms with Gasteiger partial charge in [-0.15, -0.1) is 0 Å². The van der Waals surface area contributed by atoms with Gasteiger partial charge in [0.25, 0.3) is 0 Å². The zero-order valence-corrected chi connectivity index (χ0v) is 36.3. The van der Waals surface area contributed by atoms with Gasteiger partial charge in [-0.3, -0.25) is 14.4 Å². The highest BCUT2D eigenvalue weighted by Gasteiger charge is 2.14. The summed E-state index contributed by atoms with van der Waals surface area (Å²) in [4.78, 5) is 38.9. The Kier molecular flexibility index (Phi) is 41.5. The SMILES string of the molecule is CCCCCCCCCOC(=O)CCCCCCCN(CCCCCCCC(=O)OC(CCCCCCCC)CCCCCCCC)CCCC(=O)CO. The van der Waals surface area contributed by atoms with Crippen LogP contribution in [0.25, 0.3) is 0 Å². The van der Waals surface area contributed by atoms with Gasteiger partial charge in [-0.1, -0.05) is 162 Å². The lowest BCUT2D eigenvalue weighted by Crippen LogP contribution is -2.28. The molecule has 0 fully saturated rings. The van der Waals surface area contributed by atoms with Crippen LogP contribution in [0.5, 0.6) is 0 Å². The van der Waals surface area contributed by atoms with Crippen molar-refractivity contribution in [2.75, 3.05) is 32.8 Å². The van der Waals surface area contributed by atoms with E-state index in [0.29, 0.717) is 25.9 Å². The van der Waals surface area contributed by atoms with E-state index in [2.05, 4.69) is 25.7 Å². The molecule has 0 aromatic rings. The van der Waals surface area contributed by atoms with Crippen molar-refractivity contribution in [1.82, 2.24) is 4.90 Å². The molecule has 7 nitrogen and oxygen atoms in total. The molecule has 0 rings (SSSR count). The molecule has 0 spiro atoms. The fraction of sp³-hybridized carbons (Fsp3) is 0.936. The lowest BCUT2D eigenvalue weighted by atomic mass is 10.0. The van der Waals surface area contributed by atoms with Gasteiger partial charge in [-0.25, -0.2) is 0 Å². The molecule has 7 heteroatoms. The fourth-order valence-electron chi connectivity index (χ4n) is 7.31. The number of rotatable bonds is 44. The van der Waals surface area contributed by atoms with Gasteiger partial charge in [0.1, 0.15) is 12.7 Å². The smallest absolute Gasteiger partial charge is 0.306 e. The van der Waals surface area contributed by atoms with Crippen molar-refractivity contribution in [2.24, 2.45) is 0 Å². The molecule has 0 heterocycles. The van der Waals surface area contributed by atoms with Crippen LogP contribution in [-0.2, 0) is 23.9 Å². The average Bonchev–Trinajstić information content (AvgIpc) is 3.17. The number of carbonyl (C=O) groups excluding carboxylic acids is 3. The molecule has 0 aromatic carbocycles. The number of nitrogens with zero attached hydrogens (tertiary/aromatic N) is 1. The molecule has 0 aliphatic heterocycles. The molecule has 0 amide bonds. The van der Waals surface area contributed by atoms with Crippen LogP contribution in [0.3, 0.4) is 0 Å². The number of hydrogen-bond acceptors (Lipinski definition) is 7. The van der Waals surface area contributed by atoms with E-state index in [1.807, 2.05) is 0 Å². The van der Waals surface area contributed by atoms with Gasteiger partial charge in [-0.05, 0) is 83.8 Å². The summed E-state index contributed by atoms with van der Waals surface area (Å²) in [5, 5.41) is 9.11. The standard InChI is InChI=1S/C47H91NO6/c1-4-7-10-13-16-25-32-42-53-46(51)37-28-21-17-23-30-39-48(41-33-34-44(50)43-49)40-31-24-18-22-29-38-47(52)54-45(35-26-19-14-11-8-5-2)36-27-20-15-12-9-6-3/h45,49H,4-43H2,1-3H3. The number of esters is 2. The summed E-state index contributed by atoms with van der Waals surface area (Å²) >= 11 is 0. The van der Waals surface area contributed by atoms with Crippen molar-refractivity contribution >= 4 is 17.7 Å². The van der Waals surface area contributed by atoms with E-state index in [9.17, 15) is 14.4 Å². The molecule has 0 bridgehead atoms. The molecule has 0 aromatic heterocycles. The molecule has 0 aliphatic rings. The van der Waals surface area contributed by atoms with Crippen molar-refractivity contribution in [3.05, 3.63) is 0 Å². The van der Waals surface area contributed by atoms with Crippen molar-refractivity contribution in [3.8, 4) is 0 Å². The molecular formula is C47H91NO6. The van der Waals surface area contributed by atoms with Crippen molar-refractivity contribution in [2.45, 2.75) is 252 Å². The molecule has 0 aliphatic carbocycles. The van der Waals surface area contributed by atoms with Crippen LogP contribution in [0.15, 0.2) is 0 Å². The predicted octanol–water partition coefficient (Wildman–Crippen LogP) is 13.0. The molecular weight excluding hydrogens is 675 g/mol. The van der Waals surface area contributed by atoms with Crippen LogP contribution in [0.4, 0.5) is 0 Å². The largest absolute Gasteiger partial charge is 0.466 e. The Morgan fingerprint density at radius 2 is 0.833 bits per heavy atom. The van der Waals surface area contributed by atoms with Crippen LogP contribution in [-0.4, -0.2) is 66.7 Å².